The van der Waals surface area contributed by atoms with Crippen LogP contribution in [-0.2, 0) is 31.4 Å². The Morgan fingerprint density at radius 3 is 2.09 bits per heavy atom. The molecule has 1 amide bonds. The second-order valence-electron chi connectivity index (χ2n) is 7.60. The lowest BCUT2D eigenvalue weighted by atomic mass is 10.2. The van der Waals surface area contributed by atoms with Gasteiger partial charge in [-0.15, -0.1) is 0 Å². The molecule has 3 rings (SSSR count). The first-order valence-corrected chi connectivity index (χ1v) is 13.4. The molecule has 0 spiro atoms. The molecule has 8 nitrogen and oxygen atoms in total. The number of rotatable bonds is 8. The Morgan fingerprint density at radius 1 is 0.938 bits per heavy atom. The fraction of sp³-hybridized carbons (Fsp3) is 0.381. The van der Waals surface area contributed by atoms with Gasteiger partial charge in [-0.2, -0.15) is 8.61 Å². The molecule has 2 aromatic rings. The van der Waals surface area contributed by atoms with E-state index < -0.39 is 26.0 Å². The second-order valence-corrected chi connectivity index (χ2v) is 12.0. The number of nitrogens with zero attached hydrogens (tertiary/aromatic N) is 2. The van der Waals surface area contributed by atoms with Crippen LogP contribution in [-0.4, -0.2) is 58.0 Å². The van der Waals surface area contributed by atoms with Crippen molar-refractivity contribution in [1.82, 2.24) is 13.9 Å². The molecule has 0 unspecified atom stereocenters. The molecule has 1 N–H and O–H groups in total. The summed E-state index contributed by atoms with van der Waals surface area (Å²) in [4.78, 5) is 12.5. The number of hydrogen-bond acceptors (Lipinski definition) is 5. The molecule has 1 heterocycles. The summed E-state index contributed by atoms with van der Waals surface area (Å²) >= 11 is 5.79. The van der Waals surface area contributed by atoms with Gasteiger partial charge < -0.3 is 5.32 Å². The molecule has 0 saturated carbocycles. The molecule has 0 bridgehead atoms. The van der Waals surface area contributed by atoms with Gasteiger partial charge in [0.2, 0.25) is 26.0 Å². The molecule has 0 aliphatic carbocycles. The highest BCUT2D eigenvalue weighted by Gasteiger charge is 2.26. The van der Waals surface area contributed by atoms with Crippen LogP contribution in [0.2, 0.25) is 5.02 Å². The van der Waals surface area contributed by atoms with Crippen LogP contribution in [0.1, 0.15) is 24.8 Å². The number of piperidine rings is 1. The summed E-state index contributed by atoms with van der Waals surface area (Å²) in [5.74, 6) is -0.477. The molecule has 0 radical (unpaired) electrons. The van der Waals surface area contributed by atoms with E-state index in [1.54, 1.807) is 12.1 Å². The van der Waals surface area contributed by atoms with Gasteiger partial charge in [-0.3, -0.25) is 4.79 Å². The normalized spacial score (nSPS) is 15.6. The van der Waals surface area contributed by atoms with Crippen molar-refractivity contribution >= 4 is 37.6 Å². The van der Waals surface area contributed by atoms with Crippen molar-refractivity contribution in [2.24, 2.45) is 0 Å². The molecule has 1 saturated heterocycles. The highest BCUT2D eigenvalue weighted by atomic mass is 35.5. The molecule has 0 atom stereocenters. The Bertz CT molecular complexity index is 1140. The van der Waals surface area contributed by atoms with E-state index in [2.05, 4.69) is 5.32 Å². The fourth-order valence-corrected chi connectivity index (χ4v) is 6.13. The first kappa shape index (κ1) is 24.7. The molecule has 1 aliphatic heterocycles. The van der Waals surface area contributed by atoms with Crippen molar-refractivity contribution in [3.63, 3.8) is 0 Å². The van der Waals surface area contributed by atoms with Crippen LogP contribution in [0.15, 0.2) is 58.3 Å². The predicted molar refractivity (Wildman–Crippen MR) is 122 cm³/mol. The standard InChI is InChI=1S/C21H26ClN3O5S2/c1-24(31(27,28)19-11-7-18(22)8-12-19)16-21(26)23-15-17-5-9-20(10-6-17)32(29,30)25-13-3-2-4-14-25/h5-12H,2-4,13-16H2,1H3,(H,23,26). The first-order valence-electron chi connectivity index (χ1n) is 10.2. The van der Waals surface area contributed by atoms with Crippen molar-refractivity contribution in [1.29, 1.82) is 0 Å². The summed E-state index contributed by atoms with van der Waals surface area (Å²) in [6.45, 7) is 0.864. The van der Waals surface area contributed by atoms with E-state index >= 15 is 0 Å². The minimum absolute atomic E-state index is 0.0442. The van der Waals surface area contributed by atoms with E-state index in [0.717, 1.165) is 23.6 Å². The van der Waals surface area contributed by atoms with Gasteiger partial charge in [0.15, 0.2) is 0 Å². The minimum atomic E-state index is -3.82. The van der Waals surface area contributed by atoms with E-state index in [9.17, 15) is 21.6 Å². The van der Waals surface area contributed by atoms with Gasteiger partial charge in [-0.05, 0) is 54.8 Å². The first-order chi connectivity index (χ1) is 15.1. The van der Waals surface area contributed by atoms with Gasteiger partial charge in [-0.25, -0.2) is 16.8 Å². The molecule has 0 aromatic heterocycles. The molecular weight excluding hydrogens is 474 g/mol. The highest BCUT2D eigenvalue weighted by molar-refractivity contribution is 7.89. The number of benzene rings is 2. The Labute approximate surface area is 194 Å². The van der Waals surface area contributed by atoms with Crippen LogP contribution in [0.25, 0.3) is 0 Å². The topological polar surface area (TPSA) is 104 Å². The van der Waals surface area contributed by atoms with Crippen molar-refractivity contribution in [2.45, 2.75) is 35.6 Å². The molecule has 2 aromatic carbocycles. The Hall–Kier alpha value is -1.98. The van der Waals surface area contributed by atoms with Crippen LogP contribution in [0, 0.1) is 0 Å². The van der Waals surface area contributed by atoms with Gasteiger partial charge in [0, 0.05) is 31.7 Å². The Kier molecular flexibility index (Phi) is 7.94. The van der Waals surface area contributed by atoms with E-state index in [1.807, 2.05) is 0 Å². The minimum Gasteiger partial charge on any atom is -0.351 e. The number of likely N-dealkylation sites (N-methyl/N-ethyl adjacent to an activating group) is 1. The Balaban J connectivity index is 1.56. The van der Waals surface area contributed by atoms with Crippen LogP contribution < -0.4 is 5.32 Å². The number of carbonyl (C=O) groups excluding carboxylic acids is 1. The summed E-state index contributed by atoms with van der Waals surface area (Å²) in [5.41, 5.74) is 0.708. The maximum Gasteiger partial charge on any atom is 0.243 e. The van der Waals surface area contributed by atoms with Gasteiger partial charge >= 0.3 is 0 Å². The largest absolute Gasteiger partial charge is 0.351 e. The maximum atomic E-state index is 12.7. The van der Waals surface area contributed by atoms with E-state index in [4.69, 9.17) is 11.6 Å². The number of sulfonamides is 2. The molecule has 174 valence electrons. The third-order valence-corrected chi connectivity index (χ3v) is 9.24. The quantitative estimate of drug-likeness (QED) is 0.600. The van der Waals surface area contributed by atoms with Crippen LogP contribution in [0.3, 0.4) is 0 Å². The maximum absolute atomic E-state index is 12.7. The van der Waals surface area contributed by atoms with Gasteiger partial charge in [-0.1, -0.05) is 30.2 Å². The summed E-state index contributed by atoms with van der Waals surface area (Å²) < 4.78 is 53.0. The zero-order valence-corrected chi connectivity index (χ0v) is 20.1. The number of amides is 1. The monoisotopic (exact) mass is 499 g/mol. The lowest BCUT2D eigenvalue weighted by molar-refractivity contribution is -0.121. The lowest BCUT2D eigenvalue weighted by Crippen LogP contribution is -2.38. The van der Waals surface area contributed by atoms with Crippen molar-refractivity contribution in [2.75, 3.05) is 26.7 Å². The zero-order valence-electron chi connectivity index (χ0n) is 17.7. The number of hydrogen-bond donors (Lipinski definition) is 1. The average molecular weight is 500 g/mol. The third kappa shape index (κ3) is 5.87. The SMILES string of the molecule is CN(CC(=O)NCc1ccc(S(=O)(=O)N2CCCCC2)cc1)S(=O)(=O)c1ccc(Cl)cc1. The van der Waals surface area contributed by atoms with Crippen LogP contribution in [0.4, 0.5) is 0 Å². The van der Waals surface area contributed by atoms with Crippen molar-refractivity contribution < 1.29 is 21.6 Å². The molecular formula is C21H26ClN3O5S2. The van der Waals surface area contributed by atoms with E-state index in [0.29, 0.717) is 23.7 Å². The highest BCUT2D eigenvalue weighted by Crippen LogP contribution is 2.21. The molecule has 1 aliphatic rings. The summed E-state index contributed by atoms with van der Waals surface area (Å²) in [6, 6.07) is 12.0. The van der Waals surface area contributed by atoms with Crippen molar-refractivity contribution in [3.8, 4) is 0 Å². The summed E-state index contributed by atoms with van der Waals surface area (Å²) in [7, 11) is -6.01. The Morgan fingerprint density at radius 2 is 1.50 bits per heavy atom. The van der Waals surface area contributed by atoms with Crippen LogP contribution >= 0.6 is 11.6 Å². The second kappa shape index (κ2) is 10.3. The van der Waals surface area contributed by atoms with Gasteiger partial charge in [0.1, 0.15) is 0 Å². The average Bonchev–Trinajstić information content (AvgIpc) is 2.79. The smallest absolute Gasteiger partial charge is 0.243 e. The predicted octanol–water partition coefficient (Wildman–Crippen LogP) is 2.45. The van der Waals surface area contributed by atoms with Gasteiger partial charge in [0.05, 0.1) is 16.3 Å². The molecule has 32 heavy (non-hydrogen) atoms. The van der Waals surface area contributed by atoms with Gasteiger partial charge in [0.25, 0.3) is 0 Å². The summed E-state index contributed by atoms with van der Waals surface area (Å²) in [5, 5.41) is 3.07. The third-order valence-electron chi connectivity index (χ3n) is 5.25. The van der Waals surface area contributed by atoms with Crippen LogP contribution in [0.5, 0.6) is 0 Å². The van der Waals surface area contributed by atoms with E-state index in [1.165, 1.54) is 47.8 Å². The molecule has 11 heteroatoms. The zero-order chi connectivity index (χ0) is 23.4. The molecule has 1 fully saturated rings. The number of carbonyl (C=O) groups is 1. The fourth-order valence-electron chi connectivity index (χ4n) is 3.36. The lowest BCUT2D eigenvalue weighted by Gasteiger charge is -2.25. The van der Waals surface area contributed by atoms with E-state index in [-0.39, 0.29) is 22.9 Å². The van der Waals surface area contributed by atoms with Crippen molar-refractivity contribution in [3.05, 3.63) is 59.1 Å². The number of halogens is 1. The summed E-state index contributed by atoms with van der Waals surface area (Å²) in [6.07, 6.45) is 2.78. The number of nitrogens with one attached hydrogen (secondary N) is 1.